The molecule has 2 aliphatic rings. The normalized spacial score (nSPS) is 14.2. The molecule has 258 valence electrons. The summed E-state index contributed by atoms with van der Waals surface area (Å²) in [4.78, 5) is 2.41. The van der Waals surface area contributed by atoms with Crippen molar-refractivity contribution in [2.75, 3.05) is 4.90 Å². The highest BCUT2D eigenvalue weighted by molar-refractivity contribution is 5.90. The Bertz CT molecular complexity index is 2630. The summed E-state index contributed by atoms with van der Waals surface area (Å²) in [6.45, 7) is 4.58. The molecule has 1 aliphatic carbocycles. The van der Waals surface area contributed by atoms with Crippen LogP contribution in [0.1, 0.15) is 47.2 Å². The van der Waals surface area contributed by atoms with Crippen LogP contribution in [0, 0.1) is 0 Å². The van der Waals surface area contributed by atoms with Crippen LogP contribution < -0.4 is 9.64 Å². The third-order valence-corrected chi connectivity index (χ3v) is 11.6. The van der Waals surface area contributed by atoms with Crippen molar-refractivity contribution in [3.8, 4) is 33.8 Å². The van der Waals surface area contributed by atoms with E-state index in [0.717, 1.165) is 39.7 Å². The van der Waals surface area contributed by atoms with Gasteiger partial charge >= 0.3 is 0 Å². The topological polar surface area (TPSA) is 12.5 Å². The van der Waals surface area contributed by atoms with Gasteiger partial charge in [0.1, 0.15) is 11.5 Å². The molecule has 0 aromatic heterocycles. The monoisotopic (exact) mass is 693 g/mol. The van der Waals surface area contributed by atoms with Gasteiger partial charge in [-0.1, -0.05) is 178 Å². The summed E-state index contributed by atoms with van der Waals surface area (Å²) in [5.74, 6) is 1.79. The lowest BCUT2D eigenvalue weighted by Gasteiger charge is -2.37. The molecular weight excluding hydrogens is 655 g/mol. The van der Waals surface area contributed by atoms with Crippen LogP contribution >= 0.6 is 0 Å². The van der Waals surface area contributed by atoms with E-state index >= 15 is 0 Å². The predicted molar refractivity (Wildman–Crippen MR) is 223 cm³/mol. The highest BCUT2D eigenvalue weighted by Crippen LogP contribution is 2.57. The first-order chi connectivity index (χ1) is 26.5. The van der Waals surface area contributed by atoms with Crippen LogP contribution in [0.3, 0.4) is 0 Å². The lowest BCUT2D eigenvalue weighted by Crippen LogP contribution is -2.29. The second-order valence-corrected chi connectivity index (χ2v) is 14.9. The molecular formula is C52H39NO. The van der Waals surface area contributed by atoms with Crippen LogP contribution in [0.25, 0.3) is 22.3 Å². The molecule has 2 heteroatoms. The number of ether oxygens (including phenoxy) is 1. The van der Waals surface area contributed by atoms with Crippen molar-refractivity contribution < 1.29 is 4.74 Å². The van der Waals surface area contributed by atoms with Crippen molar-refractivity contribution in [3.05, 3.63) is 234 Å². The first-order valence-corrected chi connectivity index (χ1v) is 18.8. The number of nitrogens with zero attached hydrogens (tertiary/aromatic N) is 1. The zero-order valence-corrected chi connectivity index (χ0v) is 30.4. The SMILES string of the molecule is CC1(C)c2ccccc2Oc2cc(N(c3cccc(C4(c5ccccc5)c5ccccc5-c5ccccc54)c3)c3ccccc3-c3ccccc3)ccc21. The van der Waals surface area contributed by atoms with E-state index < -0.39 is 5.41 Å². The van der Waals surface area contributed by atoms with Crippen LogP contribution in [0.2, 0.25) is 0 Å². The molecule has 0 bridgehead atoms. The average molecular weight is 694 g/mol. The Kier molecular flexibility index (Phi) is 7.42. The Labute approximate surface area is 317 Å². The van der Waals surface area contributed by atoms with Crippen LogP contribution in [-0.4, -0.2) is 0 Å². The van der Waals surface area contributed by atoms with Gasteiger partial charge in [-0.15, -0.1) is 0 Å². The fourth-order valence-corrected chi connectivity index (χ4v) is 9.13. The van der Waals surface area contributed by atoms with E-state index in [0.29, 0.717) is 0 Å². The Balaban J connectivity index is 1.23. The zero-order valence-electron chi connectivity index (χ0n) is 30.4. The number of hydrogen-bond donors (Lipinski definition) is 0. The van der Waals surface area contributed by atoms with Gasteiger partial charge in [-0.05, 0) is 69.3 Å². The van der Waals surface area contributed by atoms with Gasteiger partial charge in [0, 0.05) is 39.5 Å². The average Bonchev–Trinajstić information content (AvgIpc) is 3.53. The van der Waals surface area contributed by atoms with Crippen molar-refractivity contribution in [2.45, 2.75) is 24.7 Å². The number of fused-ring (bicyclic) bond motifs is 5. The van der Waals surface area contributed by atoms with Crippen molar-refractivity contribution in [1.82, 2.24) is 0 Å². The van der Waals surface area contributed by atoms with Crippen LogP contribution in [0.5, 0.6) is 11.5 Å². The summed E-state index contributed by atoms with van der Waals surface area (Å²) in [5, 5.41) is 0. The minimum Gasteiger partial charge on any atom is -0.457 e. The van der Waals surface area contributed by atoms with Gasteiger partial charge in [-0.3, -0.25) is 0 Å². The molecule has 0 saturated heterocycles. The number of rotatable bonds is 6. The van der Waals surface area contributed by atoms with Gasteiger partial charge in [0.2, 0.25) is 0 Å². The Morgan fingerprint density at radius 2 is 0.926 bits per heavy atom. The van der Waals surface area contributed by atoms with Crippen LogP contribution in [-0.2, 0) is 10.8 Å². The maximum absolute atomic E-state index is 6.72. The fraction of sp³-hybridized carbons (Fsp3) is 0.0769. The molecule has 0 radical (unpaired) electrons. The van der Waals surface area contributed by atoms with Crippen molar-refractivity contribution in [2.24, 2.45) is 0 Å². The second kappa shape index (κ2) is 12.5. The van der Waals surface area contributed by atoms with Crippen molar-refractivity contribution >= 4 is 17.1 Å². The molecule has 0 fully saturated rings. The van der Waals surface area contributed by atoms with E-state index in [2.05, 4.69) is 219 Å². The molecule has 0 N–H and O–H groups in total. The lowest BCUT2D eigenvalue weighted by atomic mass is 9.67. The summed E-state index contributed by atoms with van der Waals surface area (Å²) in [6, 6.07) is 72.7. The van der Waals surface area contributed by atoms with Gasteiger partial charge in [-0.25, -0.2) is 0 Å². The molecule has 0 saturated carbocycles. The fourth-order valence-electron chi connectivity index (χ4n) is 9.13. The highest BCUT2D eigenvalue weighted by atomic mass is 16.5. The molecule has 1 aliphatic heterocycles. The van der Waals surface area contributed by atoms with Crippen molar-refractivity contribution in [3.63, 3.8) is 0 Å². The minimum atomic E-state index is -0.512. The van der Waals surface area contributed by atoms with Crippen LogP contribution in [0.4, 0.5) is 17.1 Å². The summed E-state index contributed by atoms with van der Waals surface area (Å²) in [5.41, 5.74) is 14.8. The Morgan fingerprint density at radius 3 is 1.65 bits per heavy atom. The Morgan fingerprint density at radius 1 is 0.389 bits per heavy atom. The van der Waals surface area contributed by atoms with Gasteiger partial charge in [0.25, 0.3) is 0 Å². The smallest absolute Gasteiger partial charge is 0.133 e. The molecule has 0 atom stereocenters. The number of benzene rings is 8. The van der Waals surface area contributed by atoms with E-state index in [9.17, 15) is 0 Å². The molecule has 54 heavy (non-hydrogen) atoms. The van der Waals surface area contributed by atoms with Gasteiger partial charge in [0.05, 0.1) is 11.1 Å². The van der Waals surface area contributed by atoms with Crippen molar-refractivity contribution in [1.29, 1.82) is 0 Å². The van der Waals surface area contributed by atoms with Gasteiger partial charge in [-0.2, -0.15) is 0 Å². The number of hydrogen-bond acceptors (Lipinski definition) is 2. The molecule has 2 nitrogen and oxygen atoms in total. The largest absolute Gasteiger partial charge is 0.457 e. The second-order valence-electron chi connectivity index (χ2n) is 14.9. The Hall–Kier alpha value is -6.64. The summed E-state index contributed by atoms with van der Waals surface area (Å²) in [7, 11) is 0. The van der Waals surface area contributed by atoms with E-state index in [1.807, 2.05) is 0 Å². The number of anilines is 3. The molecule has 10 rings (SSSR count). The lowest BCUT2D eigenvalue weighted by molar-refractivity contribution is 0.418. The van der Waals surface area contributed by atoms with E-state index in [1.54, 1.807) is 0 Å². The van der Waals surface area contributed by atoms with E-state index in [1.165, 1.54) is 44.5 Å². The first-order valence-electron chi connectivity index (χ1n) is 18.8. The summed E-state index contributed by atoms with van der Waals surface area (Å²) < 4.78 is 6.72. The third kappa shape index (κ3) is 4.80. The summed E-state index contributed by atoms with van der Waals surface area (Å²) in [6.07, 6.45) is 0. The van der Waals surface area contributed by atoms with E-state index in [4.69, 9.17) is 4.74 Å². The molecule has 0 unspecified atom stereocenters. The summed E-state index contributed by atoms with van der Waals surface area (Å²) >= 11 is 0. The standard InChI is InChI=1S/C52H39NO/c1-51(2)46-29-14-16-31-49(46)54-50-35-40(32-33-47(50)51)53(48-30-15-11-24-41(48)36-18-5-3-6-19-36)39-23-17-22-38(34-39)52(37-20-7-4-8-21-37)44-27-12-9-25-42(44)43-26-10-13-28-45(43)52/h3-35H,1-2H3. The quantitative estimate of drug-likeness (QED) is 0.172. The number of para-hydroxylation sites is 2. The molecule has 8 aromatic carbocycles. The van der Waals surface area contributed by atoms with E-state index in [-0.39, 0.29) is 5.41 Å². The van der Waals surface area contributed by atoms with Crippen LogP contribution in [0.15, 0.2) is 200 Å². The zero-order chi connectivity index (χ0) is 36.3. The third-order valence-electron chi connectivity index (χ3n) is 11.6. The predicted octanol–water partition coefficient (Wildman–Crippen LogP) is 13.6. The maximum Gasteiger partial charge on any atom is 0.133 e. The molecule has 1 heterocycles. The first kappa shape index (κ1) is 32.0. The molecule has 0 spiro atoms. The highest BCUT2D eigenvalue weighted by Gasteiger charge is 2.46. The maximum atomic E-state index is 6.72. The minimum absolute atomic E-state index is 0.208. The molecule has 0 amide bonds. The molecule has 8 aromatic rings. The van der Waals surface area contributed by atoms with Gasteiger partial charge < -0.3 is 9.64 Å². The van der Waals surface area contributed by atoms with Gasteiger partial charge in [0.15, 0.2) is 0 Å².